The van der Waals surface area contributed by atoms with Gasteiger partial charge in [0.05, 0.1) is 13.2 Å². The van der Waals surface area contributed by atoms with Gasteiger partial charge < -0.3 is 14.8 Å². The minimum Gasteiger partial charge on any atom is -0.496 e. The molecule has 5 nitrogen and oxygen atoms in total. The fourth-order valence-electron chi connectivity index (χ4n) is 3.49. The van der Waals surface area contributed by atoms with Gasteiger partial charge in [0.1, 0.15) is 5.75 Å². The number of rotatable bonds is 8. The summed E-state index contributed by atoms with van der Waals surface area (Å²) in [5.41, 5.74) is 3.20. The van der Waals surface area contributed by atoms with Gasteiger partial charge in [-0.3, -0.25) is 9.69 Å². The Morgan fingerprint density at radius 3 is 2.63 bits per heavy atom. The second-order valence-electron chi connectivity index (χ2n) is 6.99. The third-order valence-corrected chi connectivity index (χ3v) is 4.75. The van der Waals surface area contributed by atoms with Gasteiger partial charge >= 0.3 is 0 Å². The number of nitrogens with one attached hydrogen (secondary N) is 1. The van der Waals surface area contributed by atoms with Crippen molar-refractivity contribution < 1.29 is 14.3 Å². The van der Waals surface area contributed by atoms with Gasteiger partial charge in [0.15, 0.2) is 0 Å². The van der Waals surface area contributed by atoms with Crippen LogP contribution >= 0.6 is 0 Å². The summed E-state index contributed by atoms with van der Waals surface area (Å²) < 4.78 is 11.4. The molecule has 1 heterocycles. The molecule has 2 aromatic carbocycles. The molecule has 1 aliphatic rings. The highest BCUT2D eigenvalue weighted by atomic mass is 16.5. The van der Waals surface area contributed by atoms with Crippen LogP contribution in [0.3, 0.4) is 0 Å². The summed E-state index contributed by atoms with van der Waals surface area (Å²) in [5, 5.41) is 2.81. The van der Waals surface area contributed by atoms with Gasteiger partial charge in [0, 0.05) is 44.4 Å². The molecular weight excluding hydrogens is 340 g/mol. The number of benzene rings is 2. The van der Waals surface area contributed by atoms with Crippen LogP contribution in [-0.2, 0) is 22.6 Å². The SMILES string of the molecule is COc1ccccc1CN(Cc1ccc(NC(C)=O)cc1)CC1CCCO1. The molecule has 1 N–H and O–H groups in total. The molecule has 0 bridgehead atoms. The average Bonchev–Trinajstić information content (AvgIpc) is 3.16. The summed E-state index contributed by atoms with van der Waals surface area (Å²) in [6, 6.07) is 16.2. The van der Waals surface area contributed by atoms with Crippen LogP contribution in [0.5, 0.6) is 5.75 Å². The van der Waals surface area contributed by atoms with E-state index in [9.17, 15) is 4.79 Å². The molecule has 0 aliphatic carbocycles. The highest BCUT2D eigenvalue weighted by molar-refractivity contribution is 5.88. The highest BCUT2D eigenvalue weighted by Gasteiger charge is 2.20. The number of anilines is 1. The monoisotopic (exact) mass is 368 g/mol. The van der Waals surface area contributed by atoms with Gasteiger partial charge in [0.25, 0.3) is 0 Å². The van der Waals surface area contributed by atoms with E-state index in [-0.39, 0.29) is 5.91 Å². The van der Waals surface area contributed by atoms with Crippen LogP contribution in [0.4, 0.5) is 5.69 Å². The number of amides is 1. The Morgan fingerprint density at radius 1 is 1.19 bits per heavy atom. The quantitative estimate of drug-likeness (QED) is 0.769. The number of para-hydroxylation sites is 1. The second-order valence-corrected chi connectivity index (χ2v) is 6.99. The maximum atomic E-state index is 11.2. The molecule has 144 valence electrons. The van der Waals surface area contributed by atoms with Gasteiger partial charge in [0.2, 0.25) is 5.91 Å². The van der Waals surface area contributed by atoms with Crippen LogP contribution in [0.25, 0.3) is 0 Å². The smallest absolute Gasteiger partial charge is 0.221 e. The Hall–Kier alpha value is -2.37. The molecule has 2 aromatic rings. The molecule has 0 aromatic heterocycles. The molecule has 1 unspecified atom stereocenters. The van der Waals surface area contributed by atoms with Crippen LogP contribution in [-0.4, -0.2) is 37.2 Å². The third kappa shape index (κ3) is 5.81. The van der Waals surface area contributed by atoms with E-state index in [1.54, 1.807) is 7.11 Å². The minimum atomic E-state index is -0.0565. The summed E-state index contributed by atoms with van der Waals surface area (Å²) in [6.07, 6.45) is 2.54. The Kier molecular flexibility index (Phi) is 6.85. The summed E-state index contributed by atoms with van der Waals surface area (Å²) in [5.74, 6) is 0.856. The standard InChI is InChI=1S/C22H28N2O3/c1-17(25)23-20-11-9-18(10-12-20)14-24(16-21-7-5-13-27-21)15-19-6-3-4-8-22(19)26-2/h3-4,6,8-12,21H,5,7,13-16H2,1-2H3,(H,23,25). The van der Waals surface area contributed by atoms with E-state index in [1.165, 1.54) is 18.1 Å². The van der Waals surface area contributed by atoms with Crippen LogP contribution in [0.15, 0.2) is 48.5 Å². The van der Waals surface area contributed by atoms with Crippen molar-refractivity contribution in [1.82, 2.24) is 4.90 Å². The number of nitrogens with zero attached hydrogens (tertiary/aromatic N) is 1. The predicted octanol–water partition coefficient (Wildman–Crippen LogP) is 3.83. The maximum Gasteiger partial charge on any atom is 0.221 e. The van der Waals surface area contributed by atoms with E-state index in [4.69, 9.17) is 9.47 Å². The topological polar surface area (TPSA) is 50.8 Å². The van der Waals surface area contributed by atoms with Crippen molar-refractivity contribution in [2.75, 3.05) is 25.6 Å². The Labute approximate surface area is 161 Å². The van der Waals surface area contributed by atoms with Crippen LogP contribution < -0.4 is 10.1 Å². The number of carbonyl (C=O) groups is 1. The fourth-order valence-corrected chi connectivity index (χ4v) is 3.49. The number of hydrogen-bond donors (Lipinski definition) is 1. The summed E-state index contributed by atoms with van der Waals surface area (Å²) in [7, 11) is 1.71. The molecule has 1 fully saturated rings. The zero-order valence-corrected chi connectivity index (χ0v) is 16.1. The van der Waals surface area contributed by atoms with E-state index in [0.29, 0.717) is 6.10 Å². The first-order valence-corrected chi connectivity index (χ1v) is 9.46. The lowest BCUT2D eigenvalue weighted by molar-refractivity contribution is -0.114. The molecule has 0 radical (unpaired) electrons. The highest BCUT2D eigenvalue weighted by Crippen LogP contribution is 2.23. The summed E-state index contributed by atoms with van der Waals surface area (Å²) in [6.45, 7) is 4.89. The molecule has 1 atom stereocenters. The van der Waals surface area contributed by atoms with Crippen molar-refractivity contribution in [1.29, 1.82) is 0 Å². The summed E-state index contributed by atoms with van der Waals surface area (Å²) >= 11 is 0. The molecule has 27 heavy (non-hydrogen) atoms. The van der Waals surface area contributed by atoms with Gasteiger partial charge in [-0.2, -0.15) is 0 Å². The largest absolute Gasteiger partial charge is 0.496 e. The van der Waals surface area contributed by atoms with Gasteiger partial charge in [-0.25, -0.2) is 0 Å². The zero-order valence-electron chi connectivity index (χ0n) is 16.1. The zero-order chi connectivity index (χ0) is 19.1. The molecule has 1 aliphatic heterocycles. The van der Waals surface area contributed by atoms with Crippen LogP contribution in [0.2, 0.25) is 0 Å². The Morgan fingerprint density at radius 2 is 1.96 bits per heavy atom. The van der Waals surface area contributed by atoms with E-state index in [1.807, 2.05) is 30.3 Å². The molecule has 1 amide bonds. The first-order chi connectivity index (χ1) is 13.1. The minimum absolute atomic E-state index is 0.0565. The lowest BCUT2D eigenvalue weighted by Crippen LogP contribution is -2.31. The van der Waals surface area contributed by atoms with Crippen molar-refractivity contribution in [2.45, 2.75) is 39.0 Å². The maximum absolute atomic E-state index is 11.2. The Balaban J connectivity index is 1.72. The van der Waals surface area contributed by atoms with Gasteiger partial charge in [-0.05, 0) is 36.6 Å². The number of methoxy groups -OCH3 is 1. The first kappa shape index (κ1) is 19.4. The summed E-state index contributed by atoms with van der Waals surface area (Å²) in [4.78, 5) is 13.6. The van der Waals surface area contributed by atoms with E-state index >= 15 is 0 Å². The lowest BCUT2D eigenvalue weighted by Gasteiger charge is -2.26. The number of hydrogen-bond acceptors (Lipinski definition) is 4. The van der Waals surface area contributed by atoms with E-state index in [0.717, 1.165) is 50.5 Å². The van der Waals surface area contributed by atoms with Crippen LogP contribution in [0.1, 0.15) is 30.9 Å². The predicted molar refractivity (Wildman–Crippen MR) is 107 cm³/mol. The molecule has 0 spiro atoms. The molecule has 0 saturated carbocycles. The molecule has 3 rings (SSSR count). The van der Waals surface area contributed by atoms with Crippen molar-refractivity contribution >= 4 is 11.6 Å². The van der Waals surface area contributed by atoms with Crippen molar-refractivity contribution in [3.8, 4) is 5.75 Å². The van der Waals surface area contributed by atoms with Gasteiger partial charge in [-0.15, -0.1) is 0 Å². The number of carbonyl (C=O) groups excluding carboxylic acids is 1. The van der Waals surface area contributed by atoms with Crippen molar-refractivity contribution in [3.63, 3.8) is 0 Å². The van der Waals surface area contributed by atoms with Gasteiger partial charge in [-0.1, -0.05) is 30.3 Å². The van der Waals surface area contributed by atoms with Crippen LogP contribution in [0, 0.1) is 0 Å². The second kappa shape index (κ2) is 9.53. The molecule has 5 heteroatoms. The molecule has 1 saturated heterocycles. The first-order valence-electron chi connectivity index (χ1n) is 9.46. The molecular formula is C22H28N2O3. The lowest BCUT2D eigenvalue weighted by atomic mass is 10.1. The van der Waals surface area contributed by atoms with E-state index in [2.05, 4.69) is 28.4 Å². The normalized spacial score (nSPS) is 16.5. The third-order valence-electron chi connectivity index (χ3n) is 4.75. The Bertz CT molecular complexity index is 739. The van der Waals surface area contributed by atoms with E-state index < -0.39 is 0 Å². The van der Waals surface area contributed by atoms with Crippen molar-refractivity contribution in [2.24, 2.45) is 0 Å². The van der Waals surface area contributed by atoms with Crippen molar-refractivity contribution in [3.05, 3.63) is 59.7 Å². The average molecular weight is 368 g/mol. The number of ether oxygens (including phenoxy) is 2. The fraction of sp³-hybridized carbons (Fsp3) is 0.409.